The molecule has 0 unspecified atom stereocenters. The van der Waals surface area contributed by atoms with E-state index in [4.69, 9.17) is 9.15 Å². The third-order valence-electron chi connectivity index (χ3n) is 3.68. The van der Waals surface area contributed by atoms with Crippen LogP contribution in [0.1, 0.15) is 21.7 Å². The Bertz CT molecular complexity index is 1010. The summed E-state index contributed by atoms with van der Waals surface area (Å²) < 4.78 is 24.9. The number of carbonyl (C=O) groups is 2. The number of furan rings is 1. The van der Waals surface area contributed by atoms with E-state index in [1.807, 2.05) is 6.07 Å². The number of nitrogens with zero attached hydrogens (tertiary/aromatic N) is 2. The number of ether oxygens (including phenoxy) is 1. The summed E-state index contributed by atoms with van der Waals surface area (Å²) in [6.45, 7) is 0.966. The number of aryl methyl sites for hydroxylation is 1. The molecule has 8 heteroatoms. The summed E-state index contributed by atoms with van der Waals surface area (Å²) in [6.07, 6.45) is 3.34. The van der Waals surface area contributed by atoms with E-state index in [0.29, 0.717) is 5.69 Å². The number of nitriles is 1. The molecule has 0 bridgehead atoms. The van der Waals surface area contributed by atoms with Gasteiger partial charge >= 0.3 is 5.97 Å². The zero-order valence-corrected chi connectivity index (χ0v) is 14.2. The van der Waals surface area contributed by atoms with Crippen LogP contribution in [0.5, 0.6) is 0 Å². The third kappa shape index (κ3) is 3.88. The molecule has 1 amide bonds. The monoisotopic (exact) mass is 367 g/mol. The molecule has 0 saturated carbocycles. The van der Waals surface area contributed by atoms with Gasteiger partial charge in [0.2, 0.25) is 5.88 Å². The van der Waals surface area contributed by atoms with Crippen molar-refractivity contribution in [2.75, 3.05) is 11.9 Å². The molecule has 1 aromatic carbocycles. The Morgan fingerprint density at radius 1 is 1.26 bits per heavy atom. The molecule has 0 saturated heterocycles. The smallest absolute Gasteiger partial charge is 0.343 e. The molecule has 0 spiro atoms. The van der Waals surface area contributed by atoms with Crippen LogP contribution in [0, 0.1) is 24.1 Å². The number of esters is 1. The van der Waals surface area contributed by atoms with Crippen LogP contribution in [-0.2, 0) is 9.53 Å². The van der Waals surface area contributed by atoms with Crippen molar-refractivity contribution in [1.82, 2.24) is 4.57 Å². The summed E-state index contributed by atoms with van der Waals surface area (Å²) in [4.78, 5) is 24.2. The van der Waals surface area contributed by atoms with Gasteiger partial charge in [-0.2, -0.15) is 5.26 Å². The van der Waals surface area contributed by atoms with Crippen LogP contribution < -0.4 is 5.32 Å². The van der Waals surface area contributed by atoms with Crippen molar-refractivity contribution in [1.29, 1.82) is 5.26 Å². The normalized spacial score (nSPS) is 10.3. The van der Waals surface area contributed by atoms with Gasteiger partial charge in [-0.3, -0.25) is 9.36 Å². The summed E-state index contributed by atoms with van der Waals surface area (Å²) in [5.41, 5.74) is 0.355. The number of benzene rings is 1. The quantitative estimate of drug-likeness (QED) is 0.699. The summed E-state index contributed by atoms with van der Waals surface area (Å²) in [5.74, 6) is -1.47. The maximum atomic E-state index is 12.9. The number of aromatic nitrogens is 1. The minimum absolute atomic E-state index is 0.0210. The molecule has 2 heterocycles. The van der Waals surface area contributed by atoms with Crippen LogP contribution in [0.3, 0.4) is 0 Å². The van der Waals surface area contributed by atoms with Crippen molar-refractivity contribution in [3.8, 4) is 12.0 Å². The highest BCUT2D eigenvalue weighted by Gasteiger charge is 2.26. The van der Waals surface area contributed by atoms with Gasteiger partial charge in [0, 0.05) is 18.1 Å². The molecule has 1 N–H and O–H groups in total. The van der Waals surface area contributed by atoms with Crippen molar-refractivity contribution in [2.45, 2.75) is 6.92 Å². The predicted molar refractivity (Wildman–Crippen MR) is 92.8 cm³/mol. The van der Waals surface area contributed by atoms with Gasteiger partial charge in [0.15, 0.2) is 6.61 Å². The molecule has 27 heavy (non-hydrogen) atoms. The second-order valence-electron chi connectivity index (χ2n) is 5.55. The molecule has 0 aliphatic rings. The van der Waals surface area contributed by atoms with Gasteiger partial charge in [0.25, 0.3) is 5.91 Å². The number of anilines is 1. The van der Waals surface area contributed by atoms with Gasteiger partial charge < -0.3 is 14.5 Å². The molecule has 0 atom stereocenters. The Kier molecular flexibility index (Phi) is 5.04. The molecule has 2 aromatic heterocycles. The molecule has 3 rings (SSSR count). The van der Waals surface area contributed by atoms with Gasteiger partial charge in [-0.15, -0.1) is 0 Å². The van der Waals surface area contributed by atoms with Crippen LogP contribution in [0.2, 0.25) is 0 Å². The minimum Gasteiger partial charge on any atom is -0.452 e. The lowest BCUT2D eigenvalue weighted by Crippen LogP contribution is -2.21. The highest BCUT2D eigenvalue weighted by atomic mass is 19.1. The number of hydrogen-bond donors (Lipinski definition) is 1. The first-order valence-electron chi connectivity index (χ1n) is 7.89. The van der Waals surface area contributed by atoms with E-state index in [0.717, 1.165) is 0 Å². The average Bonchev–Trinajstić information content (AvgIpc) is 3.29. The fourth-order valence-corrected chi connectivity index (χ4v) is 2.46. The molecular weight excluding hydrogens is 353 g/mol. The third-order valence-corrected chi connectivity index (χ3v) is 3.68. The molecule has 0 aliphatic carbocycles. The van der Waals surface area contributed by atoms with E-state index in [1.54, 1.807) is 29.1 Å². The van der Waals surface area contributed by atoms with Gasteiger partial charge in [0.05, 0.1) is 0 Å². The van der Waals surface area contributed by atoms with E-state index in [-0.39, 0.29) is 22.8 Å². The molecule has 7 nitrogen and oxygen atoms in total. The lowest BCUT2D eigenvalue weighted by atomic mass is 10.1. The van der Waals surface area contributed by atoms with Gasteiger partial charge in [0.1, 0.15) is 28.8 Å². The van der Waals surface area contributed by atoms with Crippen LogP contribution in [0.25, 0.3) is 5.88 Å². The maximum absolute atomic E-state index is 12.9. The Hall–Kier alpha value is -3.86. The SMILES string of the molecule is Cc1oc(-n2cccc2)c(C#N)c1C(=O)OCC(=O)Nc1ccc(F)cc1. The van der Waals surface area contributed by atoms with Crippen molar-refractivity contribution in [3.63, 3.8) is 0 Å². The summed E-state index contributed by atoms with van der Waals surface area (Å²) in [5, 5.41) is 11.9. The average molecular weight is 367 g/mol. The van der Waals surface area contributed by atoms with E-state index < -0.39 is 24.3 Å². The van der Waals surface area contributed by atoms with Gasteiger partial charge in [-0.25, -0.2) is 9.18 Å². The van der Waals surface area contributed by atoms with Crippen LogP contribution in [0.15, 0.2) is 53.2 Å². The first kappa shape index (κ1) is 17.9. The number of amides is 1. The van der Waals surface area contributed by atoms with E-state index in [1.165, 1.54) is 31.2 Å². The maximum Gasteiger partial charge on any atom is 0.343 e. The highest BCUT2D eigenvalue weighted by molar-refractivity contribution is 5.97. The standard InChI is InChI=1S/C19H14FN3O4/c1-12-17(15(10-21)18(27-12)23-8-2-3-9-23)19(25)26-11-16(24)22-14-6-4-13(20)5-7-14/h2-9H,11H2,1H3,(H,22,24). The Morgan fingerprint density at radius 2 is 1.93 bits per heavy atom. The van der Waals surface area contributed by atoms with Gasteiger partial charge in [-0.05, 0) is 43.3 Å². The van der Waals surface area contributed by atoms with Crippen molar-refractivity contribution in [3.05, 3.63) is 71.5 Å². The zero-order chi connectivity index (χ0) is 19.4. The molecule has 0 radical (unpaired) electrons. The molecule has 3 aromatic rings. The van der Waals surface area contributed by atoms with E-state index in [9.17, 15) is 19.2 Å². The minimum atomic E-state index is -0.847. The second-order valence-corrected chi connectivity index (χ2v) is 5.55. The fourth-order valence-electron chi connectivity index (χ4n) is 2.46. The molecule has 0 aliphatic heterocycles. The Balaban J connectivity index is 1.70. The largest absolute Gasteiger partial charge is 0.452 e. The van der Waals surface area contributed by atoms with Crippen LogP contribution >= 0.6 is 0 Å². The van der Waals surface area contributed by atoms with Crippen molar-refractivity contribution >= 4 is 17.6 Å². The number of nitrogens with one attached hydrogen (secondary N) is 1. The number of halogens is 1. The van der Waals surface area contributed by atoms with E-state index in [2.05, 4.69) is 5.32 Å². The Labute approximate surface area is 153 Å². The van der Waals surface area contributed by atoms with Crippen LogP contribution in [0.4, 0.5) is 10.1 Å². The van der Waals surface area contributed by atoms with Crippen LogP contribution in [-0.4, -0.2) is 23.1 Å². The molecule has 136 valence electrons. The second kappa shape index (κ2) is 7.58. The highest BCUT2D eigenvalue weighted by Crippen LogP contribution is 2.26. The predicted octanol–water partition coefficient (Wildman–Crippen LogP) is 3.19. The van der Waals surface area contributed by atoms with Crippen molar-refractivity contribution in [2.24, 2.45) is 0 Å². The number of hydrogen-bond acceptors (Lipinski definition) is 5. The summed E-state index contributed by atoms with van der Waals surface area (Å²) in [6, 6.07) is 10.6. The van der Waals surface area contributed by atoms with E-state index >= 15 is 0 Å². The lowest BCUT2D eigenvalue weighted by Gasteiger charge is -2.06. The van der Waals surface area contributed by atoms with Crippen molar-refractivity contribution < 1.29 is 23.1 Å². The first-order chi connectivity index (χ1) is 13.0. The number of rotatable bonds is 5. The topological polar surface area (TPSA) is 97.3 Å². The van der Waals surface area contributed by atoms with Gasteiger partial charge in [-0.1, -0.05) is 0 Å². The fraction of sp³-hybridized carbons (Fsp3) is 0.105. The number of carbonyl (C=O) groups excluding carboxylic acids is 2. The summed E-state index contributed by atoms with van der Waals surface area (Å²) in [7, 11) is 0. The zero-order valence-electron chi connectivity index (χ0n) is 14.2. The first-order valence-corrected chi connectivity index (χ1v) is 7.89. The molecular formula is C19H14FN3O4. The molecule has 0 fully saturated rings. The summed E-state index contributed by atoms with van der Waals surface area (Å²) >= 11 is 0. The Morgan fingerprint density at radius 3 is 2.56 bits per heavy atom. The lowest BCUT2D eigenvalue weighted by molar-refractivity contribution is -0.119.